The van der Waals surface area contributed by atoms with Crippen LogP contribution in [0.15, 0.2) is 29.2 Å². The minimum Gasteiger partial charge on any atom is -0.313 e. The molecule has 1 aromatic rings. The van der Waals surface area contributed by atoms with E-state index in [4.69, 9.17) is 0 Å². The molecule has 0 amide bonds. The van der Waals surface area contributed by atoms with Gasteiger partial charge in [-0.2, -0.15) is 0 Å². The van der Waals surface area contributed by atoms with Gasteiger partial charge < -0.3 is 5.32 Å². The Hall–Kier alpha value is -1.27. The summed E-state index contributed by atoms with van der Waals surface area (Å²) in [6, 6.07) is 6.32. The van der Waals surface area contributed by atoms with E-state index in [9.17, 15) is 14.3 Å². The van der Waals surface area contributed by atoms with Crippen molar-refractivity contribution in [3.05, 3.63) is 34.4 Å². The molecule has 5 nitrogen and oxygen atoms in total. The monoisotopic (exact) mass is 310 g/mol. The van der Waals surface area contributed by atoms with E-state index in [-0.39, 0.29) is 11.7 Å². The first-order valence-corrected chi connectivity index (χ1v) is 8.80. The van der Waals surface area contributed by atoms with Crippen LogP contribution in [0.3, 0.4) is 0 Å². The third-order valence-electron chi connectivity index (χ3n) is 4.08. The summed E-state index contributed by atoms with van der Waals surface area (Å²) < 4.78 is 12.5. The molecule has 116 valence electrons. The van der Waals surface area contributed by atoms with Gasteiger partial charge in [-0.25, -0.2) is 0 Å². The first-order valence-electron chi connectivity index (χ1n) is 7.48. The quantitative estimate of drug-likeness (QED) is 0.621. The minimum absolute atomic E-state index is 0.0368. The van der Waals surface area contributed by atoms with Crippen molar-refractivity contribution in [3.8, 4) is 0 Å². The summed E-state index contributed by atoms with van der Waals surface area (Å²) in [6.45, 7) is 2.94. The van der Waals surface area contributed by atoms with E-state index in [1.807, 2.05) is 0 Å². The van der Waals surface area contributed by atoms with E-state index in [2.05, 4.69) is 12.2 Å². The number of nitro benzene ring substituents is 1. The summed E-state index contributed by atoms with van der Waals surface area (Å²) >= 11 is 0. The molecule has 1 saturated carbocycles. The van der Waals surface area contributed by atoms with Crippen LogP contribution in [0.5, 0.6) is 0 Å². The van der Waals surface area contributed by atoms with Crippen LogP contribution in [-0.4, -0.2) is 27.5 Å². The van der Waals surface area contributed by atoms with E-state index in [1.54, 1.807) is 12.1 Å². The molecule has 1 fully saturated rings. The lowest BCUT2D eigenvalue weighted by Crippen LogP contribution is -2.39. The molecule has 0 bridgehead atoms. The Labute approximate surface area is 127 Å². The van der Waals surface area contributed by atoms with Crippen molar-refractivity contribution >= 4 is 16.5 Å². The van der Waals surface area contributed by atoms with E-state index >= 15 is 0 Å². The molecule has 1 aliphatic carbocycles. The van der Waals surface area contributed by atoms with Gasteiger partial charge in [-0.15, -0.1) is 0 Å². The average Bonchev–Trinajstić information content (AvgIpc) is 3.01. The highest BCUT2D eigenvalue weighted by molar-refractivity contribution is 7.85. The number of nitrogens with one attached hydrogen (secondary N) is 1. The molecule has 1 aliphatic rings. The van der Waals surface area contributed by atoms with Crippen molar-refractivity contribution in [1.29, 1.82) is 0 Å². The van der Waals surface area contributed by atoms with Gasteiger partial charge in [-0.1, -0.05) is 19.8 Å². The number of rotatable bonds is 7. The van der Waals surface area contributed by atoms with Crippen molar-refractivity contribution in [3.63, 3.8) is 0 Å². The number of hydrogen-bond donors (Lipinski definition) is 1. The second kappa shape index (κ2) is 7.66. The summed E-state index contributed by atoms with van der Waals surface area (Å²) in [5.74, 6) is 1.18. The summed E-state index contributed by atoms with van der Waals surface area (Å²) in [5.41, 5.74) is 0.0368. The Balaban J connectivity index is 2.02. The lowest BCUT2D eigenvalue weighted by atomic mass is 10.00. The zero-order valence-corrected chi connectivity index (χ0v) is 13.1. The predicted molar refractivity (Wildman–Crippen MR) is 83.8 cm³/mol. The zero-order chi connectivity index (χ0) is 15.2. The standard InChI is InChI=1S/C15H22N2O3S/c1-2-16-15(12-5-3-4-6-12)11-21(20)14-9-7-13(8-10-14)17(18)19/h7-10,12,15-16H,2-6,11H2,1H3. The highest BCUT2D eigenvalue weighted by Gasteiger charge is 2.26. The molecule has 0 aliphatic heterocycles. The number of hydrogen-bond acceptors (Lipinski definition) is 4. The Morgan fingerprint density at radius 3 is 2.48 bits per heavy atom. The fourth-order valence-corrected chi connectivity index (χ4v) is 4.31. The van der Waals surface area contributed by atoms with E-state index in [0.29, 0.717) is 16.6 Å². The molecule has 1 N–H and O–H groups in total. The van der Waals surface area contributed by atoms with Gasteiger partial charge in [0, 0.05) is 28.8 Å². The molecular formula is C15H22N2O3S. The second-order valence-electron chi connectivity index (χ2n) is 5.47. The fourth-order valence-electron chi connectivity index (χ4n) is 2.96. The maximum atomic E-state index is 12.5. The Morgan fingerprint density at radius 2 is 1.95 bits per heavy atom. The average molecular weight is 310 g/mol. The van der Waals surface area contributed by atoms with E-state index in [0.717, 1.165) is 6.54 Å². The largest absolute Gasteiger partial charge is 0.313 e. The summed E-state index contributed by atoms with van der Waals surface area (Å²) in [5, 5.41) is 14.1. The zero-order valence-electron chi connectivity index (χ0n) is 12.3. The van der Waals surface area contributed by atoms with Crippen LogP contribution < -0.4 is 5.32 Å². The SMILES string of the molecule is CCNC(CS(=O)c1ccc([N+](=O)[O-])cc1)C1CCCC1. The molecule has 6 heteroatoms. The Kier molecular flexibility index (Phi) is 5.87. The maximum absolute atomic E-state index is 12.5. The molecule has 2 atom stereocenters. The maximum Gasteiger partial charge on any atom is 0.269 e. The van der Waals surface area contributed by atoms with Crippen molar-refractivity contribution in [2.24, 2.45) is 5.92 Å². The van der Waals surface area contributed by atoms with Gasteiger partial charge in [0.05, 0.1) is 15.7 Å². The van der Waals surface area contributed by atoms with Crippen LogP contribution >= 0.6 is 0 Å². The highest BCUT2D eigenvalue weighted by atomic mass is 32.2. The first-order chi connectivity index (χ1) is 10.1. The minimum atomic E-state index is -1.12. The van der Waals surface area contributed by atoms with Crippen molar-refractivity contribution in [2.45, 2.75) is 43.5 Å². The Bertz CT molecular complexity index is 498. The highest BCUT2D eigenvalue weighted by Crippen LogP contribution is 2.28. The lowest BCUT2D eigenvalue weighted by molar-refractivity contribution is -0.384. The number of nitro groups is 1. The molecule has 2 rings (SSSR count). The smallest absolute Gasteiger partial charge is 0.269 e. The van der Waals surface area contributed by atoms with E-state index in [1.165, 1.54) is 37.8 Å². The van der Waals surface area contributed by atoms with Crippen LogP contribution in [0.2, 0.25) is 0 Å². The van der Waals surface area contributed by atoms with E-state index < -0.39 is 15.7 Å². The van der Waals surface area contributed by atoms with Crippen LogP contribution in [0.25, 0.3) is 0 Å². The van der Waals surface area contributed by atoms with Gasteiger partial charge in [0.15, 0.2) is 0 Å². The van der Waals surface area contributed by atoms with Gasteiger partial charge in [0.2, 0.25) is 0 Å². The molecule has 21 heavy (non-hydrogen) atoms. The number of non-ortho nitro benzene ring substituents is 1. The van der Waals surface area contributed by atoms with Crippen LogP contribution in [-0.2, 0) is 10.8 Å². The van der Waals surface area contributed by atoms with Crippen LogP contribution in [0.1, 0.15) is 32.6 Å². The van der Waals surface area contributed by atoms with Gasteiger partial charge in [-0.3, -0.25) is 14.3 Å². The normalized spacial score (nSPS) is 18.5. The topological polar surface area (TPSA) is 72.2 Å². The summed E-state index contributed by atoms with van der Waals surface area (Å²) in [4.78, 5) is 10.9. The molecule has 0 spiro atoms. The first kappa shape index (κ1) is 16.1. The van der Waals surface area contributed by atoms with Crippen LogP contribution in [0.4, 0.5) is 5.69 Å². The molecular weight excluding hydrogens is 288 g/mol. The van der Waals surface area contributed by atoms with Gasteiger partial charge in [0.25, 0.3) is 5.69 Å². The molecule has 1 aromatic carbocycles. The fraction of sp³-hybridized carbons (Fsp3) is 0.600. The van der Waals surface area contributed by atoms with Crippen molar-refractivity contribution < 1.29 is 9.13 Å². The molecule has 0 heterocycles. The van der Waals surface area contributed by atoms with Crippen molar-refractivity contribution in [1.82, 2.24) is 5.32 Å². The van der Waals surface area contributed by atoms with Gasteiger partial charge >= 0.3 is 0 Å². The summed E-state index contributed by atoms with van der Waals surface area (Å²) in [6.07, 6.45) is 4.93. The molecule has 0 saturated heterocycles. The third-order valence-corrected chi connectivity index (χ3v) is 5.54. The van der Waals surface area contributed by atoms with Crippen molar-refractivity contribution in [2.75, 3.05) is 12.3 Å². The molecule has 0 radical (unpaired) electrons. The predicted octanol–water partition coefficient (Wildman–Crippen LogP) is 2.87. The number of benzene rings is 1. The summed E-state index contributed by atoms with van der Waals surface area (Å²) in [7, 11) is -1.12. The Morgan fingerprint density at radius 1 is 1.33 bits per heavy atom. The molecule has 0 aromatic heterocycles. The third kappa shape index (κ3) is 4.35. The van der Waals surface area contributed by atoms with Gasteiger partial charge in [-0.05, 0) is 37.4 Å². The van der Waals surface area contributed by atoms with Crippen LogP contribution in [0, 0.1) is 16.0 Å². The van der Waals surface area contributed by atoms with Gasteiger partial charge in [0.1, 0.15) is 0 Å². The second-order valence-corrected chi connectivity index (χ2v) is 6.97. The lowest BCUT2D eigenvalue weighted by Gasteiger charge is -2.23. The molecule has 2 unspecified atom stereocenters. The number of nitrogens with zero attached hydrogens (tertiary/aromatic N) is 1.